The van der Waals surface area contributed by atoms with Crippen molar-refractivity contribution in [3.63, 3.8) is 0 Å². The maximum Gasteiger partial charge on any atom is 0.416 e. The number of halogens is 4. The third-order valence-electron chi connectivity index (χ3n) is 4.05. The van der Waals surface area contributed by atoms with E-state index in [-0.39, 0.29) is 18.0 Å². The number of likely N-dealkylation sites (tertiary alicyclic amines) is 1. The average Bonchev–Trinajstić information content (AvgIpc) is 2.78. The van der Waals surface area contributed by atoms with Crippen LogP contribution in [0.3, 0.4) is 0 Å². The Bertz CT molecular complexity index is 507. The van der Waals surface area contributed by atoms with E-state index in [2.05, 4.69) is 0 Å². The summed E-state index contributed by atoms with van der Waals surface area (Å²) in [6, 6.07) is 2.64. The summed E-state index contributed by atoms with van der Waals surface area (Å²) in [5.41, 5.74) is -1.52. The van der Waals surface area contributed by atoms with Gasteiger partial charge in [-0.2, -0.15) is 13.2 Å². The lowest BCUT2D eigenvalue weighted by Gasteiger charge is -2.25. The van der Waals surface area contributed by atoms with E-state index < -0.39 is 23.2 Å². The summed E-state index contributed by atoms with van der Waals surface area (Å²) in [5, 5.41) is 9.96. The van der Waals surface area contributed by atoms with Crippen molar-refractivity contribution < 1.29 is 22.7 Å². The molecule has 0 amide bonds. The molecule has 1 saturated heterocycles. The molecule has 0 bridgehead atoms. The van der Waals surface area contributed by atoms with Gasteiger partial charge in [0.2, 0.25) is 0 Å². The molecular weight excluding hydrogens is 286 g/mol. The Labute approximate surface area is 121 Å². The Kier molecular flexibility index (Phi) is 4.31. The summed E-state index contributed by atoms with van der Waals surface area (Å²) in [6.07, 6.45) is -3.73. The maximum absolute atomic E-state index is 13.8. The second-order valence-corrected chi connectivity index (χ2v) is 6.18. The van der Waals surface area contributed by atoms with Crippen LogP contribution in [0.15, 0.2) is 18.2 Å². The standard InChI is InChI=1S/C15H19F4NO/c1-14(2,21)12-5-6-20(9-12)8-10-3-4-11(7-13(10)16)15(17,18)19/h3-4,7,12,21H,5-6,8-9H2,1-2H3/t12-/m1/s1. The number of benzene rings is 1. The molecule has 118 valence electrons. The lowest BCUT2D eigenvalue weighted by molar-refractivity contribution is -0.137. The van der Waals surface area contributed by atoms with Crippen LogP contribution in [0.4, 0.5) is 17.6 Å². The number of hydrogen-bond donors (Lipinski definition) is 1. The number of aliphatic hydroxyl groups is 1. The first kappa shape index (κ1) is 16.2. The van der Waals surface area contributed by atoms with Crippen molar-refractivity contribution >= 4 is 0 Å². The highest BCUT2D eigenvalue weighted by molar-refractivity contribution is 5.26. The fourth-order valence-corrected chi connectivity index (χ4v) is 2.65. The van der Waals surface area contributed by atoms with Gasteiger partial charge in [-0.1, -0.05) is 6.07 Å². The molecule has 1 aromatic rings. The minimum absolute atomic E-state index is 0.0926. The van der Waals surface area contributed by atoms with Crippen molar-refractivity contribution in [2.45, 2.75) is 38.6 Å². The normalized spacial score (nSPS) is 21.0. The molecule has 1 fully saturated rings. The molecule has 2 rings (SSSR count). The Hall–Kier alpha value is -1.14. The topological polar surface area (TPSA) is 23.5 Å². The summed E-state index contributed by atoms with van der Waals surface area (Å²) in [4.78, 5) is 1.95. The predicted molar refractivity (Wildman–Crippen MR) is 71.1 cm³/mol. The van der Waals surface area contributed by atoms with Crippen LogP contribution in [0.1, 0.15) is 31.4 Å². The minimum Gasteiger partial charge on any atom is -0.390 e. The Balaban J connectivity index is 2.05. The summed E-state index contributed by atoms with van der Waals surface area (Å²) < 4.78 is 51.2. The molecule has 0 aliphatic carbocycles. The van der Waals surface area contributed by atoms with Crippen molar-refractivity contribution in [3.8, 4) is 0 Å². The van der Waals surface area contributed by atoms with Crippen LogP contribution in [-0.2, 0) is 12.7 Å². The highest BCUT2D eigenvalue weighted by atomic mass is 19.4. The zero-order valence-corrected chi connectivity index (χ0v) is 12.0. The fraction of sp³-hybridized carbons (Fsp3) is 0.600. The smallest absolute Gasteiger partial charge is 0.390 e. The summed E-state index contributed by atoms with van der Waals surface area (Å²) in [6.45, 7) is 5.05. The zero-order valence-electron chi connectivity index (χ0n) is 12.0. The summed E-state index contributed by atoms with van der Waals surface area (Å²) in [7, 11) is 0. The van der Waals surface area contributed by atoms with Gasteiger partial charge in [0.25, 0.3) is 0 Å². The van der Waals surface area contributed by atoms with E-state index in [4.69, 9.17) is 0 Å². The zero-order chi connectivity index (χ0) is 15.8. The van der Waals surface area contributed by atoms with Gasteiger partial charge in [-0.15, -0.1) is 0 Å². The van der Waals surface area contributed by atoms with Gasteiger partial charge in [0.15, 0.2) is 0 Å². The third kappa shape index (κ3) is 3.95. The van der Waals surface area contributed by atoms with Crippen molar-refractivity contribution in [3.05, 3.63) is 35.1 Å². The second kappa shape index (κ2) is 5.57. The maximum atomic E-state index is 13.8. The number of hydrogen-bond acceptors (Lipinski definition) is 2. The van der Waals surface area contributed by atoms with Gasteiger partial charge in [0.05, 0.1) is 11.2 Å². The Morgan fingerprint density at radius 3 is 2.43 bits per heavy atom. The van der Waals surface area contributed by atoms with E-state index in [0.717, 1.165) is 12.5 Å². The monoisotopic (exact) mass is 305 g/mol. The van der Waals surface area contributed by atoms with Gasteiger partial charge in [-0.05, 0) is 38.9 Å². The average molecular weight is 305 g/mol. The molecule has 1 N–H and O–H groups in total. The summed E-state index contributed by atoms with van der Waals surface area (Å²) in [5.74, 6) is -0.744. The third-order valence-corrected chi connectivity index (χ3v) is 4.05. The van der Waals surface area contributed by atoms with Crippen LogP contribution >= 0.6 is 0 Å². The van der Waals surface area contributed by atoms with Gasteiger partial charge in [0, 0.05) is 24.6 Å². The van der Waals surface area contributed by atoms with Crippen LogP contribution < -0.4 is 0 Å². The van der Waals surface area contributed by atoms with Crippen molar-refractivity contribution in [2.75, 3.05) is 13.1 Å². The van der Waals surface area contributed by atoms with Gasteiger partial charge >= 0.3 is 6.18 Å². The lowest BCUT2D eigenvalue weighted by atomic mass is 9.90. The molecule has 1 aliphatic heterocycles. The molecule has 1 aromatic carbocycles. The van der Waals surface area contributed by atoms with Crippen molar-refractivity contribution in [1.82, 2.24) is 4.90 Å². The molecule has 0 spiro atoms. The quantitative estimate of drug-likeness (QED) is 0.865. The molecule has 1 aliphatic rings. The Morgan fingerprint density at radius 1 is 1.29 bits per heavy atom. The van der Waals surface area contributed by atoms with E-state index in [9.17, 15) is 22.7 Å². The van der Waals surface area contributed by atoms with Gasteiger partial charge < -0.3 is 5.11 Å². The van der Waals surface area contributed by atoms with E-state index >= 15 is 0 Å². The molecule has 0 unspecified atom stereocenters. The van der Waals surface area contributed by atoms with E-state index in [0.29, 0.717) is 19.2 Å². The van der Waals surface area contributed by atoms with E-state index in [1.165, 1.54) is 6.07 Å². The van der Waals surface area contributed by atoms with E-state index in [1.807, 2.05) is 4.90 Å². The van der Waals surface area contributed by atoms with Crippen LogP contribution in [0.25, 0.3) is 0 Å². The highest BCUT2D eigenvalue weighted by Gasteiger charge is 2.34. The van der Waals surface area contributed by atoms with Crippen LogP contribution in [0.2, 0.25) is 0 Å². The second-order valence-electron chi connectivity index (χ2n) is 6.18. The molecule has 6 heteroatoms. The molecule has 21 heavy (non-hydrogen) atoms. The highest BCUT2D eigenvalue weighted by Crippen LogP contribution is 2.31. The molecule has 2 nitrogen and oxygen atoms in total. The summed E-state index contributed by atoms with van der Waals surface area (Å²) >= 11 is 0. The Morgan fingerprint density at radius 2 is 1.95 bits per heavy atom. The molecular formula is C15H19F4NO. The molecule has 0 aromatic heterocycles. The number of rotatable bonds is 3. The van der Waals surface area contributed by atoms with E-state index in [1.54, 1.807) is 13.8 Å². The van der Waals surface area contributed by atoms with Gasteiger partial charge in [-0.25, -0.2) is 4.39 Å². The first-order valence-electron chi connectivity index (χ1n) is 6.87. The first-order valence-corrected chi connectivity index (χ1v) is 6.87. The predicted octanol–water partition coefficient (Wildman–Crippen LogP) is 3.44. The minimum atomic E-state index is -4.53. The molecule has 0 radical (unpaired) electrons. The largest absolute Gasteiger partial charge is 0.416 e. The number of alkyl halides is 3. The molecule has 1 heterocycles. The van der Waals surface area contributed by atoms with Crippen LogP contribution in [-0.4, -0.2) is 28.7 Å². The first-order chi connectivity index (χ1) is 9.57. The van der Waals surface area contributed by atoms with Gasteiger partial charge in [-0.3, -0.25) is 4.90 Å². The van der Waals surface area contributed by atoms with Crippen LogP contribution in [0.5, 0.6) is 0 Å². The van der Waals surface area contributed by atoms with Crippen molar-refractivity contribution in [1.29, 1.82) is 0 Å². The van der Waals surface area contributed by atoms with Gasteiger partial charge in [0.1, 0.15) is 5.82 Å². The van der Waals surface area contributed by atoms with Crippen molar-refractivity contribution in [2.24, 2.45) is 5.92 Å². The molecule has 0 saturated carbocycles. The number of nitrogens with zero attached hydrogens (tertiary/aromatic N) is 1. The SMILES string of the molecule is CC(C)(O)[C@@H]1CCN(Cc2ccc(C(F)(F)F)cc2F)C1. The fourth-order valence-electron chi connectivity index (χ4n) is 2.65. The van der Waals surface area contributed by atoms with Crippen LogP contribution in [0, 0.1) is 11.7 Å². The lowest BCUT2D eigenvalue weighted by Crippen LogP contribution is -2.33. The molecule has 1 atom stereocenters.